The van der Waals surface area contributed by atoms with Gasteiger partial charge in [-0.05, 0) is 25.7 Å². The van der Waals surface area contributed by atoms with Gasteiger partial charge in [0.2, 0.25) is 5.91 Å². The van der Waals surface area contributed by atoms with Gasteiger partial charge in [-0.2, -0.15) is 0 Å². The predicted octanol–water partition coefficient (Wildman–Crippen LogP) is 2.10. The normalized spacial score (nSPS) is 30.5. The van der Waals surface area contributed by atoms with Crippen LogP contribution in [0.5, 0.6) is 0 Å². The Morgan fingerprint density at radius 2 is 1.89 bits per heavy atom. The summed E-state index contributed by atoms with van der Waals surface area (Å²) in [6, 6.07) is 0. The molecule has 0 N–H and O–H groups in total. The van der Waals surface area contributed by atoms with Crippen molar-refractivity contribution in [3.8, 4) is 0 Å². The molecule has 2 heterocycles. The van der Waals surface area contributed by atoms with E-state index in [1.807, 2.05) is 4.90 Å². The molecule has 0 saturated carbocycles. The fraction of sp³-hybridized carbons (Fsp3) is 0.800. The summed E-state index contributed by atoms with van der Waals surface area (Å²) in [6.45, 7) is 3.14. The highest BCUT2D eigenvalue weighted by Gasteiger charge is 2.40. The van der Waals surface area contributed by atoms with E-state index in [4.69, 9.17) is 9.47 Å². The van der Waals surface area contributed by atoms with Crippen LogP contribution in [0.1, 0.15) is 38.5 Å². The summed E-state index contributed by atoms with van der Waals surface area (Å²) in [5.41, 5.74) is 0. The Kier molecular flexibility index (Phi) is 3.89. The van der Waals surface area contributed by atoms with Gasteiger partial charge in [0.25, 0.3) is 0 Å². The molecule has 4 heteroatoms. The lowest BCUT2D eigenvalue weighted by Gasteiger charge is -2.44. The highest BCUT2D eigenvalue weighted by Crippen LogP contribution is 2.32. The first kappa shape index (κ1) is 13.1. The number of carbonyl (C=O) groups is 1. The van der Waals surface area contributed by atoms with Crippen LogP contribution in [0.2, 0.25) is 0 Å². The Bertz CT molecular complexity index is 350. The molecule has 2 saturated heterocycles. The van der Waals surface area contributed by atoms with E-state index in [2.05, 4.69) is 12.2 Å². The summed E-state index contributed by atoms with van der Waals surface area (Å²) in [5, 5.41) is 0. The molecular weight excluding hydrogens is 242 g/mol. The highest BCUT2D eigenvalue weighted by atomic mass is 16.7. The molecule has 1 amide bonds. The first-order valence-corrected chi connectivity index (χ1v) is 7.51. The van der Waals surface area contributed by atoms with E-state index < -0.39 is 0 Å². The lowest BCUT2D eigenvalue weighted by Crippen LogP contribution is -2.52. The monoisotopic (exact) mass is 265 g/mol. The summed E-state index contributed by atoms with van der Waals surface area (Å²) in [6.07, 6.45) is 9.91. The molecule has 1 aliphatic carbocycles. The molecule has 0 radical (unpaired) electrons. The molecule has 1 atom stereocenters. The van der Waals surface area contributed by atoms with Crippen molar-refractivity contribution in [1.82, 2.24) is 4.90 Å². The van der Waals surface area contributed by atoms with Crippen molar-refractivity contribution >= 4 is 5.91 Å². The Balaban J connectivity index is 1.54. The van der Waals surface area contributed by atoms with Crippen molar-refractivity contribution < 1.29 is 14.3 Å². The number of piperidine rings is 1. The number of allylic oxidation sites excluding steroid dienone is 2. The summed E-state index contributed by atoms with van der Waals surface area (Å²) >= 11 is 0. The fourth-order valence-corrected chi connectivity index (χ4v) is 3.25. The molecule has 0 bridgehead atoms. The molecule has 0 aromatic carbocycles. The summed E-state index contributed by atoms with van der Waals surface area (Å²) < 4.78 is 11.6. The van der Waals surface area contributed by atoms with Gasteiger partial charge in [-0.1, -0.05) is 12.2 Å². The third-order valence-corrected chi connectivity index (χ3v) is 4.47. The number of likely N-dealkylation sites (tertiary alicyclic amines) is 1. The van der Waals surface area contributed by atoms with Gasteiger partial charge < -0.3 is 14.4 Å². The highest BCUT2D eigenvalue weighted by molar-refractivity contribution is 5.79. The molecule has 0 aromatic rings. The van der Waals surface area contributed by atoms with E-state index in [1.165, 1.54) is 0 Å². The first-order chi connectivity index (χ1) is 9.29. The number of hydrogen-bond acceptors (Lipinski definition) is 3. The van der Waals surface area contributed by atoms with Crippen LogP contribution in [-0.4, -0.2) is 42.9 Å². The predicted molar refractivity (Wildman–Crippen MR) is 71.5 cm³/mol. The van der Waals surface area contributed by atoms with E-state index in [-0.39, 0.29) is 11.7 Å². The molecule has 106 valence electrons. The van der Waals surface area contributed by atoms with Gasteiger partial charge in [0, 0.05) is 31.8 Å². The molecule has 2 aliphatic heterocycles. The molecule has 1 spiro atoms. The second-order valence-corrected chi connectivity index (χ2v) is 5.77. The van der Waals surface area contributed by atoms with Gasteiger partial charge in [-0.25, -0.2) is 0 Å². The molecule has 3 aliphatic rings. The molecule has 3 rings (SSSR count). The van der Waals surface area contributed by atoms with Crippen LogP contribution in [0, 0.1) is 5.92 Å². The van der Waals surface area contributed by atoms with Crippen molar-refractivity contribution in [2.75, 3.05) is 26.3 Å². The second-order valence-electron chi connectivity index (χ2n) is 5.77. The van der Waals surface area contributed by atoms with E-state index in [9.17, 15) is 4.79 Å². The number of carbonyl (C=O) groups excluding carboxylic acids is 1. The van der Waals surface area contributed by atoms with Gasteiger partial charge in [-0.15, -0.1) is 0 Å². The summed E-state index contributed by atoms with van der Waals surface area (Å²) in [5.74, 6) is 0.142. The van der Waals surface area contributed by atoms with Crippen molar-refractivity contribution in [2.24, 2.45) is 5.92 Å². The van der Waals surface area contributed by atoms with Crippen molar-refractivity contribution in [3.05, 3.63) is 12.2 Å². The zero-order valence-corrected chi connectivity index (χ0v) is 11.5. The zero-order valence-electron chi connectivity index (χ0n) is 11.5. The van der Waals surface area contributed by atoms with Crippen LogP contribution in [-0.2, 0) is 14.3 Å². The minimum absolute atomic E-state index is 0.201. The van der Waals surface area contributed by atoms with Gasteiger partial charge in [0.1, 0.15) is 0 Å². The minimum atomic E-state index is -0.387. The largest absolute Gasteiger partial charge is 0.350 e. The van der Waals surface area contributed by atoms with E-state index in [0.717, 1.165) is 64.8 Å². The average Bonchev–Trinajstić information content (AvgIpc) is 2.49. The first-order valence-electron chi connectivity index (χ1n) is 7.51. The Labute approximate surface area is 114 Å². The van der Waals surface area contributed by atoms with Gasteiger partial charge >= 0.3 is 0 Å². The Morgan fingerprint density at radius 3 is 2.53 bits per heavy atom. The van der Waals surface area contributed by atoms with Crippen molar-refractivity contribution in [3.63, 3.8) is 0 Å². The lowest BCUT2D eigenvalue weighted by atomic mass is 9.92. The summed E-state index contributed by atoms with van der Waals surface area (Å²) in [7, 11) is 0. The third-order valence-electron chi connectivity index (χ3n) is 4.47. The number of ether oxygens (including phenoxy) is 2. The standard InChI is InChI=1S/C15H23NO3/c17-14(13-5-2-1-3-6-13)16-9-7-15(8-10-16)18-11-4-12-19-15/h1-2,13H,3-12H2/t13-/m1/s1. The van der Waals surface area contributed by atoms with Crippen LogP contribution in [0.4, 0.5) is 0 Å². The fourth-order valence-electron chi connectivity index (χ4n) is 3.25. The zero-order chi connectivity index (χ0) is 13.1. The maximum absolute atomic E-state index is 12.4. The number of hydrogen-bond donors (Lipinski definition) is 0. The van der Waals surface area contributed by atoms with Crippen molar-refractivity contribution in [1.29, 1.82) is 0 Å². The SMILES string of the molecule is O=C([C@@H]1CC=CCC1)N1CCC2(CC1)OCCCO2. The quantitative estimate of drug-likeness (QED) is 0.682. The Hall–Kier alpha value is -0.870. The molecule has 4 nitrogen and oxygen atoms in total. The molecule has 0 unspecified atom stereocenters. The van der Waals surface area contributed by atoms with Gasteiger partial charge in [0.05, 0.1) is 13.2 Å². The average molecular weight is 265 g/mol. The Morgan fingerprint density at radius 1 is 1.16 bits per heavy atom. The van der Waals surface area contributed by atoms with Crippen molar-refractivity contribution in [2.45, 2.75) is 44.3 Å². The maximum Gasteiger partial charge on any atom is 0.226 e. The number of nitrogens with zero attached hydrogens (tertiary/aromatic N) is 1. The topological polar surface area (TPSA) is 38.8 Å². The molecular formula is C15H23NO3. The number of rotatable bonds is 1. The van der Waals surface area contributed by atoms with Crippen LogP contribution < -0.4 is 0 Å². The molecule has 2 fully saturated rings. The van der Waals surface area contributed by atoms with Gasteiger partial charge in [0.15, 0.2) is 5.79 Å². The molecule has 19 heavy (non-hydrogen) atoms. The van der Waals surface area contributed by atoms with E-state index in [1.54, 1.807) is 0 Å². The summed E-state index contributed by atoms with van der Waals surface area (Å²) in [4.78, 5) is 14.4. The smallest absolute Gasteiger partial charge is 0.226 e. The minimum Gasteiger partial charge on any atom is -0.350 e. The van der Waals surface area contributed by atoms with E-state index in [0.29, 0.717) is 5.91 Å². The van der Waals surface area contributed by atoms with Crippen LogP contribution >= 0.6 is 0 Å². The maximum atomic E-state index is 12.4. The third kappa shape index (κ3) is 2.84. The van der Waals surface area contributed by atoms with E-state index >= 15 is 0 Å². The second kappa shape index (κ2) is 5.63. The van der Waals surface area contributed by atoms with Crippen LogP contribution in [0.15, 0.2) is 12.2 Å². The lowest BCUT2D eigenvalue weighted by molar-refractivity contribution is -0.282. The number of amides is 1. The van der Waals surface area contributed by atoms with Gasteiger partial charge in [-0.3, -0.25) is 4.79 Å². The van der Waals surface area contributed by atoms with Crippen LogP contribution in [0.3, 0.4) is 0 Å². The molecule has 0 aromatic heterocycles. The van der Waals surface area contributed by atoms with Crippen LogP contribution in [0.25, 0.3) is 0 Å².